The van der Waals surface area contributed by atoms with Crippen molar-refractivity contribution in [1.82, 2.24) is 0 Å². The average molecular weight is 445 g/mol. The van der Waals surface area contributed by atoms with Gasteiger partial charge in [0, 0.05) is 35.3 Å². The van der Waals surface area contributed by atoms with E-state index < -0.39 is 30.0 Å². The fourth-order valence-electron chi connectivity index (χ4n) is 3.78. The molecule has 1 aromatic rings. The van der Waals surface area contributed by atoms with Gasteiger partial charge in [-0.2, -0.15) is 13.2 Å². The van der Waals surface area contributed by atoms with Gasteiger partial charge >= 0.3 is 6.18 Å². The van der Waals surface area contributed by atoms with E-state index in [1.165, 1.54) is 12.3 Å². The summed E-state index contributed by atoms with van der Waals surface area (Å²) in [5.41, 5.74) is 3.44. The molecule has 1 aliphatic heterocycles. The highest BCUT2D eigenvalue weighted by Gasteiger charge is 2.56. The van der Waals surface area contributed by atoms with Crippen LogP contribution in [0.2, 0.25) is 5.02 Å². The van der Waals surface area contributed by atoms with Crippen molar-refractivity contribution in [2.75, 3.05) is 6.61 Å². The average Bonchev–Trinajstić information content (AvgIpc) is 3.06. The molecule has 166 valence electrons. The van der Waals surface area contributed by atoms with Crippen molar-refractivity contribution in [2.24, 2.45) is 10.7 Å². The first kappa shape index (κ1) is 24.3. The minimum atomic E-state index is -4.89. The summed E-state index contributed by atoms with van der Waals surface area (Å²) in [5.74, 6) is 0.547. The SMILES string of the molecule is CC=NC(/C=C(\N)CC(O)(CC(C)(C)c1cc(Cl)cc2c1OCC2)C(F)(F)F)=C\C. The number of hydrogen-bond acceptors (Lipinski definition) is 4. The third-order valence-corrected chi connectivity index (χ3v) is 5.36. The molecule has 0 saturated carbocycles. The Balaban J connectivity index is 2.42. The number of nitrogens with two attached hydrogens (primary N) is 1. The smallest absolute Gasteiger partial charge is 0.417 e. The maximum atomic E-state index is 14.0. The Morgan fingerprint density at radius 1 is 1.30 bits per heavy atom. The van der Waals surface area contributed by atoms with Crippen molar-refractivity contribution in [1.29, 1.82) is 0 Å². The molecular weight excluding hydrogens is 417 g/mol. The van der Waals surface area contributed by atoms with E-state index in [0.717, 1.165) is 5.56 Å². The molecule has 8 heteroatoms. The highest BCUT2D eigenvalue weighted by Crippen LogP contribution is 2.48. The highest BCUT2D eigenvalue weighted by atomic mass is 35.5. The lowest BCUT2D eigenvalue weighted by Crippen LogP contribution is -2.50. The lowest BCUT2D eigenvalue weighted by atomic mass is 9.72. The second-order valence-corrected chi connectivity index (χ2v) is 8.56. The molecule has 0 spiro atoms. The maximum absolute atomic E-state index is 14.0. The zero-order chi connectivity index (χ0) is 22.7. The molecule has 0 saturated heterocycles. The first-order chi connectivity index (χ1) is 13.8. The number of allylic oxidation sites excluding steroid dienone is 2. The van der Waals surface area contributed by atoms with E-state index in [2.05, 4.69) is 4.99 Å². The number of aliphatic hydroxyl groups is 1. The summed E-state index contributed by atoms with van der Waals surface area (Å²) >= 11 is 6.19. The molecule has 0 amide bonds. The Morgan fingerprint density at radius 3 is 2.53 bits per heavy atom. The van der Waals surface area contributed by atoms with Crippen LogP contribution in [0.5, 0.6) is 5.75 Å². The Kier molecular flexibility index (Phi) is 7.30. The molecule has 4 nitrogen and oxygen atoms in total. The van der Waals surface area contributed by atoms with Gasteiger partial charge in [-0.1, -0.05) is 31.5 Å². The third kappa shape index (κ3) is 5.38. The van der Waals surface area contributed by atoms with Gasteiger partial charge < -0.3 is 15.6 Å². The summed E-state index contributed by atoms with van der Waals surface area (Å²) in [6.07, 6.45) is -1.17. The topological polar surface area (TPSA) is 67.8 Å². The molecule has 1 atom stereocenters. The first-order valence-electron chi connectivity index (χ1n) is 9.69. The number of nitrogens with zero attached hydrogens (tertiary/aromatic N) is 1. The number of hydrogen-bond donors (Lipinski definition) is 2. The Hall–Kier alpha value is -1.99. The molecule has 0 aliphatic carbocycles. The molecule has 0 aromatic heterocycles. The Labute approximate surface area is 180 Å². The summed E-state index contributed by atoms with van der Waals surface area (Å²) in [4.78, 5) is 4.03. The normalized spacial score (nSPS) is 17.8. The Morgan fingerprint density at radius 2 is 1.97 bits per heavy atom. The predicted octanol–water partition coefficient (Wildman–Crippen LogP) is 5.46. The van der Waals surface area contributed by atoms with Crippen LogP contribution in [0.3, 0.4) is 0 Å². The van der Waals surface area contributed by atoms with Gasteiger partial charge in [0.25, 0.3) is 0 Å². The second kappa shape index (κ2) is 9.02. The second-order valence-electron chi connectivity index (χ2n) is 8.13. The van der Waals surface area contributed by atoms with Crippen LogP contribution in [0.25, 0.3) is 0 Å². The van der Waals surface area contributed by atoms with Crippen LogP contribution in [-0.4, -0.2) is 29.7 Å². The number of fused-ring (bicyclic) bond motifs is 1. The molecule has 1 unspecified atom stereocenters. The minimum absolute atomic E-state index is 0.114. The number of aliphatic imine (C=N–C) groups is 1. The summed E-state index contributed by atoms with van der Waals surface area (Å²) in [6, 6.07) is 3.36. The fraction of sp³-hybridized carbons (Fsp3) is 0.500. The van der Waals surface area contributed by atoms with E-state index >= 15 is 0 Å². The van der Waals surface area contributed by atoms with E-state index in [1.54, 1.807) is 45.9 Å². The summed E-state index contributed by atoms with van der Waals surface area (Å²) in [5, 5.41) is 11.2. The molecule has 0 radical (unpaired) electrons. The molecule has 0 fully saturated rings. The first-order valence-corrected chi connectivity index (χ1v) is 10.1. The van der Waals surface area contributed by atoms with E-state index in [1.807, 2.05) is 0 Å². The van der Waals surface area contributed by atoms with Crippen LogP contribution in [0.15, 0.2) is 40.7 Å². The van der Waals surface area contributed by atoms with Crippen molar-refractivity contribution >= 4 is 17.8 Å². The van der Waals surface area contributed by atoms with Crippen molar-refractivity contribution in [3.63, 3.8) is 0 Å². The zero-order valence-electron chi connectivity index (χ0n) is 17.6. The van der Waals surface area contributed by atoms with Gasteiger partial charge in [0.2, 0.25) is 0 Å². The molecule has 1 aromatic carbocycles. The van der Waals surface area contributed by atoms with Crippen molar-refractivity contribution in [2.45, 2.75) is 64.1 Å². The number of halogens is 4. The summed E-state index contributed by atoms with van der Waals surface area (Å²) in [6.45, 7) is 7.10. The van der Waals surface area contributed by atoms with Gasteiger partial charge in [-0.3, -0.25) is 4.99 Å². The van der Waals surface area contributed by atoms with Crippen LogP contribution in [0, 0.1) is 0 Å². The highest BCUT2D eigenvalue weighted by molar-refractivity contribution is 6.30. The van der Waals surface area contributed by atoms with Gasteiger partial charge in [0.15, 0.2) is 5.60 Å². The monoisotopic (exact) mass is 444 g/mol. The number of ether oxygens (including phenoxy) is 1. The van der Waals surface area contributed by atoms with Gasteiger partial charge in [0.05, 0.1) is 12.3 Å². The van der Waals surface area contributed by atoms with E-state index in [4.69, 9.17) is 22.1 Å². The standard InChI is InChI=1S/C22H28ClF3N2O2/c1-5-17(28-6-2)11-16(27)12-21(29,22(24,25)26)13-20(3,4)18-10-15(23)9-14-7-8-30-19(14)18/h5-6,9-11,29H,7-8,12-13,27H2,1-4H3/b16-11-,17-5-,28-6?. The maximum Gasteiger partial charge on any atom is 0.417 e. The molecule has 1 heterocycles. The van der Waals surface area contributed by atoms with Crippen molar-refractivity contribution < 1.29 is 23.0 Å². The molecular formula is C22H28ClF3N2O2. The van der Waals surface area contributed by atoms with Gasteiger partial charge in [-0.05, 0) is 49.5 Å². The van der Waals surface area contributed by atoms with E-state index in [0.29, 0.717) is 35.1 Å². The Bertz CT molecular complexity index is 876. The summed E-state index contributed by atoms with van der Waals surface area (Å²) < 4.78 is 47.7. The quantitative estimate of drug-likeness (QED) is 0.433. The van der Waals surface area contributed by atoms with Gasteiger partial charge in [-0.15, -0.1) is 0 Å². The molecule has 2 rings (SSSR count). The molecule has 1 aliphatic rings. The number of alkyl halides is 3. The third-order valence-electron chi connectivity index (χ3n) is 5.14. The van der Waals surface area contributed by atoms with Crippen molar-refractivity contribution in [3.8, 4) is 5.75 Å². The largest absolute Gasteiger partial charge is 0.493 e. The minimum Gasteiger partial charge on any atom is -0.493 e. The molecule has 30 heavy (non-hydrogen) atoms. The lowest BCUT2D eigenvalue weighted by molar-refractivity contribution is -0.266. The van der Waals surface area contributed by atoms with Crippen LogP contribution >= 0.6 is 11.6 Å². The lowest BCUT2D eigenvalue weighted by Gasteiger charge is -2.38. The van der Waals surface area contributed by atoms with Crippen molar-refractivity contribution in [3.05, 3.63) is 51.8 Å². The molecule has 0 bridgehead atoms. The fourth-order valence-corrected chi connectivity index (χ4v) is 4.02. The van der Waals surface area contributed by atoms with Gasteiger partial charge in [0.1, 0.15) is 5.75 Å². The van der Waals surface area contributed by atoms with Crippen LogP contribution in [-0.2, 0) is 11.8 Å². The van der Waals surface area contributed by atoms with Crippen LogP contribution in [0.4, 0.5) is 13.2 Å². The molecule has 3 N–H and O–H groups in total. The van der Waals surface area contributed by atoms with E-state index in [-0.39, 0.29) is 5.70 Å². The zero-order valence-corrected chi connectivity index (χ0v) is 18.4. The summed E-state index contributed by atoms with van der Waals surface area (Å²) in [7, 11) is 0. The number of benzene rings is 1. The van der Waals surface area contributed by atoms with Crippen LogP contribution < -0.4 is 10.5 Å². The van der Waals surface area contributed by atoms with Crippen LogP contribution in [0.1, 0.15) is 51.7 Å². The number of rotatable bonds is 7. The van der Waals surface area contributed by atoms with Gasteiger partial charge in [-0.25, -0.2) is 0 Å². The predicted molar refractivity (Wildman–Crippen MR) is 114 cm³/mol. The van der Waals surface area contributed by atoms with E-state index in [9.17, 15) is 18.3 Å².